The van der Waals surface area contributed by atoms with Gasteiger partial charge in [0.25, 0.3) is 0 Å². The second kappa shape index (κ2) is 6.21. The van der Waals surface area contributed by atoms with E-state index in [4.69, 9.17) is 25.2 Å². The molecule has 6 heteroatoms. The lowest BCUT2D eigenvalue weighted by Crippen LogP contribution is -2.45. The van der Waals surface area contributed by atoms with Gasteiger partial charge in [0.2, 0.25) is 0 Å². The van der Waals surface area contributed by atoms with Crippen LogP contribution in [0.25, 0.3) is 11.4 Å². The first-order valence-corrected chi connectivity index (χ1v) is 9.45. The average Bonchev–Trinajstić information content (AvgIpc) is 3.03. The van der Waals surface area contributed by atoms with Gasteiger partial charge in [-0.25, -0.2) is 9.97 Å². The maximum absolute atomic E-state index is 6.20. The fourth-order valence-electron chi connectivity index (χ4n) is 4.29. The molecule has 5 rings (SSSR count). The van der Waals surface area contributed by atoms with Crippen LogP contribution in [0.15, 0.2) is 24.3 Å². The summed E-state index contributed by atoms with van der Waals surface area (Å²) in [6.07, 6.45) is 3.48. The summed E-state index contributed by atoms with van der Waals surface area (Å²) in [6.45, 7) is 4.50. The Hall–Kier alpha value is -2.18. The van der Waals surface area contributed by atoms with Crippen LogP contribution < -0.4 is 10.6 Å². The minimum atomic E-state index is 0.134. The number of nitrogen functional groups attached to an aromatic ring is 1. The fourth-order valence-corrected chi connectivity index (χ4v) is 4.29. The summed E-state index contributed by atoms with van der Waals surface area (Å²) in [7, 11) is 0. The number of nitrogens with two attached hydrogens (primary N) is 1. The van der Waals surface area contributed by atoms with Crippen molar-refractivity contribution in [2.24, 2.45) is 0 Å². The largest absolute Gasteiger partial charge is 0.399 e. The molecule has 2 bridgehead atoms. The third kappa shape index (κ3) is 2.64. The number of nitrogens with zero attached hydrogens (tertiary/aromatic N) is 3. The molecule has 1 aromatic carbocycles. The minimum Gasteiger partial charge on any atom is -0.399 e. The number of anilines is 2. The number of ether oxygens (including phenoxy) is 2. The summed E-state index contributed by atoms with van der Waals surface area (Å²) >= 11 is 0. The Morgan fingerprint density at radius 2 is 2.00 bits per heavy atom. The van der Waals surface area contributed by atoms with E-state index >= 15 is 0 Å². The van der Waals surface area contributed by atoms with E-state index in [9.17, 15) is 0 Å². The lowest BCUT2D eigenvalue weighted by Gasteiger charge is -2.37. The molecule has 0 saturated carbocycles. The molecule has 0 radical (unpaired) electrons. The molecule has 0 aliphatic carbocycles. The van der Waals surface area contributed by atoms with E-state index in [-0.39, 0.29) is 6.10 Å². The van der Waals surface area contributed by atoms with E-state index in [0.29, 0.717) is 12.1 Å². The summed E-state index contributed by atoms with van der Waals surface area (Å²) in [4.78, 5) is 12.3. The molecule has 4 heterocycles. The van der Waals surface area contributed by atoms with Crippen LogP contribution in [0.4, 0.5) is 11.5 Å². The molecule has 2 fully saturated rings. The fraction of sp³-hybridized carbons (Fsp3) is 0.500. The predicted octanol–water partition coefficient (Wildman–Crippen LogP) is 2.73. The zero-order valence-electron chi connectivity index (χ0n) is 15.0. The molecular weight excluding hydrogens is 328 g/mol. The van der Waals surface area contributed by atoms with Crippen molar-refractivity contribution < 1.29 is 9.47 Å². The molecule has 2 unspecified atom stereocenters. The van der Waals surface area contributed by atoms with Crippen LogP contribution in [-0.4, -0.2) is 41.9 Å². The molecule has 26 heavy (non-hydrogen) atoms. The van der Waals surface area contributed by atoms with Crippen molar-refractivity contribution in [1.29, 1.82) is 0 Å². The first-order valence-electron chi connectivity index (χ1n) is 9.45. The highest BCUT2D eigenvalue weighted by Crippen LogP contribution is 2.45. The summed E-state index contributed by atoms with van der Waals surface area (Å²) in [6, 6.07) is 8.10. The number of rotatable bonds is 2. The van der Waals surface area contributed by atoms with E-state index in [1.165, 1.54) is 5.56 Å². The lowest BCUT2D eigenvalue weighted by molar-refractivity contribution is 0.0306. The van der Waals surface area contributed by atoms with Crippen LogP contribution in [0.2, 0.25) is 0 Å². The monoisotopic (exact) mass is 352 g/mol. The molecule has 0 spiro atoms. The van der Waals surface area contributed by atoms with Gasteiger partial charge in [-0.3, -0.25) is 0 Å². The Bertz CT molecular complexity index is 823. The number of fused-ring (bicyclic) bond motifs is 4. The van der Waals surface area contributed by atoms with Gasteiger partial charge in [0, 0.05) is 29.8 Å². The van der Waals surface area contributed by atoms with E-state index in [2.05, 4.69) is 11.8 Å². The molecule has 136 valence electrons. The molecule has 6 nitrogen and oxygen atoms in total. The predicted molar refractivity (Wildman–Crippen MR) is 100 cm³/mol. The molecule has 2 aromatic rings. The van der Waals surface area contributed by atoms with Crippen molar-refractivity contribution in [1.82, 2.24) is 9.97 Å². The highest BCUT2D eigenvalue weighted by Gasteiger charge is 2.39. The lowest BCUT2D eigenvalue weighted by atomic mass is 10.0. The highest BCUT2D eigenvalue weighted by atomic mass is 16.5. The van der Waals surface area contributed by atoms with E-state index in [1.54, 1.807) is 0 Å². The minimum absolute atomic E-state index is 0.134. The summed E-state index contributed by atoms with van der Waals surface area (Å²) < 4.78 is 11.8. The third-order valence-electron chi connectivity index (χ3n) is 5.66. The first-order chi connectivity index (χ1) is 12.7. The first kappa shape index (κ1) is 16.0. The molecular formula is C20H24N4O2. The van der Waals surface area contributed by atoms with Gasteiger partial charge < -0.3 is 20.1 Å². The van der Waals surface area contributed by atoms with Crippen LogP contribution in [0, 0.1) is 0 Å². The van der Waals surface area contributed by atoms with Gasteiger partial charge >= 0.3 is 0 Å². The van der Waals surface area contributed by atoms with Crippen molar-refractivity contribution in [2.75, 3.05) is 30.4 Å². The second-order valence-corrected chi connectivity index (χ2v) is 7.50. The van der Waals surface area contributed by atoms with Gasteiger partial charge in [-0.15, -0.1) is 0 Å². The normalized spacial score (nSPS) is 27.4. The highest BCUT2D eigenvalue weighted by molar-refractivity contribution is 5.64. The van der Waals surface area contributed by atoms with Gasteiger partial charge in [-0.05, 0) is 44.0 Å². The van der Waals surface area contributed by atoms with Crippen LogP contribution in [-0.2, 0) is 15.9 Å². The number of benzene rings is 1. The second-order valence-electron chi connectivity index (χ2n) is 7.50. The van der Waals surface area contributed by atoms with Crippen LogP contribution >= 0.6 is 0 Å². The smallest absolute Gasteiger partial charge is 0.161 e. The maximum Gasteiger partial charge on any atom is 0.161 e. The topological polar surface area (TPSA) is 73.5 Å². The standard InChI is InChI=1S/C20H24N4O2/c1-12-11-25-9-8-24(12)20-18-16(10-15-6-7-17(18)26-15)22-19(23-20)13-2-4-14(21)5-3-13/h2-5,12,15,17H,6-11,21H2,1H3/t12-,15?,17?/m0/s1. The van der Waals surface area contributed by atoms with Crippen molar-refractivity contribution >= 4 is 11.5 Å². The quantitative estimate of drug-likeness (QED) is 0.838. The summed E-state index contributed by atoms with van der Waals surface area (Å²) in [5.74, 6) is 1.81. The van der Waals surface area contributed by atoms with E-state index in [0.717, 1.165) is 67.6 Å². The van der Waals surface area contributed by atoms with Crippen LogP contribution in [0.3, 0.4) is 0 Å². The van der Waals surface area contributed by atoms with Gasteiger partial charge in [-0.1, -0.05) is 0 Å². The van der Waals surface area contributed by atoms with E-state index in [1.807, 2.05) is 24.3 Å². The molecule has 1 aromatic heterocycles. The van der Waals surface area contributed by atoms with Gasteiger partial charge in [0.05, 0.1) is 37.2 Å². The average molecular weight is 352 g/mol. The van der Waals surface area contributed by atoms with Crippen LogP contribution in [0.5, 0.6) is 0 Å². The van der Waals surface area contributed by atoms with E-state index < -0.39 is 0 Å². The van der Waals surface area contributed by atoms with Gasteiger partial charge in [0.1, 0.15) is 5.82 Å². The number of morpholine rings is 1. The zero-order valence-corrected chi connectivity index (χ0v) is 15.0. The SMILES string of the molecule is C[C@H]1COCCN1c1nc(-c2ccc(N)cc2)nc2c1C1CCC(C2)O1. The molecule has 0 amide bonds. The van der Waals surface area contributed by atoms with Crippen molar-refractivity contribution in [3.8, 4) is 11.4 Å². The third-order valence-corrected chi connectivity index (χ3v) is 5.66. The molecule has 3 atom stereocenters. The Kier molecular flexibility index (Phi) is 3.83. The zero-order chi connectivity index (χ0) is 17.7. The summed E-state index contributed by atoms with van der Waals surface area (Å²) in [5.41, 5.74) is 9.95. The van der Waals surface area contributed by atoms with Crippen molar-refractivity contribution in [3.05, 3.63) is 35.5 Å². The van der Waals surface area contributed by atoms with Crippen molar-refractivity contribution in [2.45, 2.75) is 44.4 Å². The maximum atomic E-state index is 6.20. The van der Waals surface area contributed by atoms with Crippen LogP contribution in [0.1, 0.15) is 37.1 Å². The molecule has 3 aliphatic heterocycles. The molecule has 3 aliphatic rings. The van der Waals surface area contributed by atoms with Gasteiger partial charge in [0.15, 0.2) is 5.82 Å². The molecule has 2 saturated heterocycles. The van der Waals surface area contributed by atoms with Gasteiger partial charge in [-0.2, -0.15) is 0 Å². The Labute approximate surface area is 153 Å². The van der Waals surface area contributed by atoms with Crippen molar-refractivity contribution in [3.63, 3.8) is 0 Å². The Morgan fingerprint density at radius 1 is 1.15 bits per heavy atom. The number of aromatic nitrogens is 2. The number of hydrogen-bond donors (Lipinski definition) is 1. The molecule has 2 N–H and O–H groups in total. The Balaban J connectivity index is 1.65. The number of hydrogen-bond acceptors (Lipinski definition) is 6. The summed E-state index contributed by atoms with van der Waals surface area (Å²) in [5, 5.41) is 0. The Morgan fingerprint density at radius 3 is 2.81 bits per heavy atom.